The van der Waals surface area contributed by atoms with Crippen molar-refractivity contribution in [3.8, 4) is 5.75 Å². The minimum atomic E-state index is -0.504. The maximum Gasteiger partial charge on any atom is 0.133 e. The molecule has 0 amide bonds. The minimum Gasteiger partial charge on any atom is -0.490 e. The van der Waals surface area contributed by atoms with Gasteiger partial charge < -0.3 is 9.84 Å². The summed E-state index contributed by atoms with van der Waals surface area (Å²) in [5.74, 6) is 0.747. The summed E-state index contributed by atoms with van der Waals surface area (Å²) in [6.45, 7) is 2.80. The Labute approximate surface area is 153 Å². The Hall–Kier alpha value is -0.880. The van der Waals surface area contributed by atoms with Gasteiger partial charge in [-0.1, -0.05) is 40.2 Å². The first-order valence-corrected chi connectivity index (χ1v) is 9.25. The number of hydrogen-bond donors (Lipinski definition) is 1. The van der Waals surface area contributed by atoms with Crippen molar-refractivity contribution >= 4 is 31.9 Å². The summed E-state index contributed by atoms with van der Waals surface area (Å²) in [6.07, 6.45) is 0.540. The highest BCUT2D eigenvalue weighted by Gasteiger charge is 2.18. The maximum atomic E-state index is 10.3. The number of benzene rings is 2. The predicted octanol–water partition coefficient (Wildman–Crippen LogP) is 4.01. The van der Waals surface area contributed by atoms with Gasteiger partial charge in [-0.3, -0.25) is 4.90 Å². The summed E-state index contributed by atoms with van der Waals surface area (Å²) in [7, 11) is 0. The van der Waals surface area contributed by atoms with E-state index in [1.54, 1.807) is 0 Å². The Bertz CT molecular complexity index is 678. The van der Waals surface area contributed by atoms with Crippen LogP contribution in [0.3, 0.4) is 0 Å². The molecule has 5 heteroatoms. The number of halogens is 2. The monoisotopic (exact) mass is 439 g/mol. The van der Waals surface area contributed by atoms with Gasteiger partial charge in [0.05, 0.1) is 4.47 Å². The zero-order chi connectivity index (χ0) is 16.2. The van der Waals surface area contributed by atoms with Crippen molar-refractivity contribution in [1.29, 1.82) is 0 Å². The van der Waals surface area contributed by atoms with Crippen molar-refractivity contribution in [1.82, 2.24) is 4.90 Å². The van der Waals surface area contributed by atoms with Crippen LogP contribution in [0.15, 0.2) is 51.4 Å². The lowest BCUT2D eigenvalue weighted by atomic mass is 10.00. The molecule has 1 aliphatic rings. The van der Waals surface area contributed by atoms with Crippen molar-refractivity contribution in [2.75, 3.05) is 19.7 Å². The number of hydrogen-bond acceptors (Lipinski definition) is 3. The van der Waals surface area contributed by atoms with E-state index in [9.17, 15) is 5.11 Å². The molecule has 0 aliphatic carbocycles. The third kappa shape index (κ3) is 4.57. The van der Waals surface area contributed by atoms with E-state index >= 15 is 0 Å². The first-order chi connectivity index (χ1) is 11.1. The van der Waals surface area contributed by atoms with Gasteiger partial charge >= 0.3 is 0 Å². The topological polar surface area (TPSA) is 32.7 Å². The van der Waals surface area contributed by atoms with Crippen molar-refractivity contribution < 1.29 is 9.84 Å². The molecule has 1 atom stereocenters. The van der Waals surface area contributed by atoms with Crippen molar-refractivity contribution in [2.45, 2.75) is 19.1 Å². The molecule has 1 aliphatic heterocycles. The molecule has 0 spiro atoms. The second-order valence-electron chi connectivity index (χ2n) is 5.79. The van der Waals surface area contributed by atoms with Crippen LogP contribution in [-0.4, -0.2) is 35.8 Å². The molecule has 0 radical (unpaired) electrons. The molecule has 0 aromatic heterocycles. The molecule has 2 aromatic rings. The fourth-order valence-electron chi connectivity index (χ4n) is 2.84. The molecule has 0 bridgehead atoms. The number of nitrogens with zero attached hydrogens (tertiary/aromatic N) is 1. The van der Waals surface area contributed by atoms with E-state index in [1.165, 1.54) is 11.1 Å². The highest BCUT2D eigenvalue weighted by Crippen LogP contribution is 2.28. The lowest BCUT2D eigenvalue weighted by molar-refractivity contribution is 0.0635. The molecule has 2 aromatic carbocycles. The Balaban J connectivity index is 1.51. The number of β-amino-alcohol motifs (C(OH)–C–C–N with tert-alkyl or cyclic N) is 1. The number of ether oxygens (including phenoxy) is 1. The quantitative estimate of drug-likeness (QED) is 0.762. The van der Waals surface area contributed by atoms with Crippen LogP contribution >= 0.6 is 31.9 Å². The summed E-state index contributed by atoms with van der Waals surface area (Å²) in [4.78, 5) is 2.28. The highest BCUT2D eigenvalue weighted by atomic mass is 79.9. The molecule has 3 nitrogen and oxygen atoms in total. The third-order valence-corrected chi connectivity index (χ3v) is 5.12. The number of fused-ring (bicyclic) bond motifs is 1. The summed E-state index contributed by atoms with van der Waals surface area (Å²) < 4.78 is 7.59. The van der Waals surface area contributed by atoms with Gasteiger partial charge in [0.25, 0.3) is 0 Å². The van der Waals surface area contributed by atoms with Gasteiger partial charge in [-0.05, 0) is 51.7 Å². The van der Waals surface area contributed by atoms with E-state index in [-0.39, 0.29) is 0 Å². The first kappa shape index (κ1) is 17.0. The zero-order valence-corrected chi connectivity index (χ0v) is 15.9. The Morgan fingerprint density at radius 2 is 1.91 bits per heavy atom. The van der Waals surface area contributed by atoms with E-state index in [4.69, 9.17) is 4.74 Å². The number of rotatable bonds is 5. The Kier molecular flexibility index (Phi) is 5.75. The van der Waals surface area contributed by atoms with Crippen molar-refractivity contribution in [2.24, 2.45) is 0 Å². The van der Waals surface area contributed by atoms with Gasteiger partial charge in [0.15, 0.2) is 0 Å². The molecule has 122 valence electrons. The van der Waals surface area contributed by atoms with Crippen LogP contribution in [-0.2, 0) is 13.0 Å². The van der Waals surface area contributed by atoms with Gasteiger partial charge in [-0.2, -0.15) is 0 Å². The first-order valence-electron chi connectivity index (χ1n) is 7.67. The molecule has 3 rings (SSSR count). The van der Waals surface area contributed by atoms with Gasteiger partial charge in [-0.15, -0.1) is 0 Å². The molecule has 0 fully saturated rings. The average molecular weight is 441 g/mol. The van der Waals surface area contributed by atoms with Crippen LogP contribution in [0.2, 0.25) is 0 Å². The van der Waals surface area contributed by atoms with Gasteiger partial charge in [0.2, 0.25) is 0 Å². The SMILES string of the molecule is O[C@@H](COc1ccc(Br)cc1Br)CN1CCc2ccccc2C1. The van der Waals surface area contributed by atoms with Gasteiger partial charge in [-0.25, -0.2) is 0 Å². The maximum absolute atomic E-state index is 10.3. The predicted molar refractivity (Wildman–Crippen MR) is 98.8 cm³/mol. The molecular weight excluding hydrogens is 422 g/mol. The van der Waals surface area contributed by atoms with Gasteiger partial charge in [0, 0.05) is 24.1 Å². The minimum absolute atomic E-state index is 0.290. The van der Waals surface area contributed by atoms with E-state index in [1.807, 2.05) is 18.2 Å². The fourth-order valence-corrected chi connectivity index (χ4v) is 4.00. The molecule has 1 N–H and O–H groups in total. The van der Waals surface area contributed by atoms with Crippen LogP contribution in [0.1, 0.15) is 11.1 Å². The number of aliphatic hydroxyl groups is 1. The largest absolute Gasteiger partial charge is 0.490 e. The highest BCUT2D eigenvalue weighted by molar-refractivity contribution is 9.11. The van der Waals surface area contributed by atoms with Crippen LogP contribution in [0.25, 0.3) is 0 Å². The number of aliphatic hydroxyl groups excluding tert-OH is 1. The Morgan fingerprint density at radius 1 is 1.13 bits per heavy atom. The lowest BCUT2D eigenvalue weighted by Gasteiger charge is -2.30. The van der Waals surface area contributed by atoms with Crippen LogP contribution in [0, 0.1) is 0 Å². The second kappa shape index (κ2) is 7.79. The molecule has 0 saturated carbocycles. The summed E-state index contributed by atoms with van der Waals surface area (Å²) in [5.41, 5.74) is 2.79. The van der Waals surface area contributed by atoms with Crippen molar-refractivity contribution in [3.05, 3.63) is 62.5 Å². The summed E-state index contributed by atoms with van der Waals surface area (Å²) in [5, 5.41) is 10.3. The van der Waals surface area contributed by atoms with Crippen molar-refractivity contribution in [3.63, 3.8) is 0 Å². The third-order valence-electron chi connectivity index (χ3n) is 4.00. The molecule has 23 heavy (non-hydrogen) atoms. The van der Waals surface area contributed by atoms with E-state index in [2.05, 4.69) is 61.0 Å². The van der Waals surface area contributed by atoms with Crippen LogP contribution in [0.4, 0.5) is 0 Å². The summed E-state index contributed by atoms with van der Waals surface area (Å²) >= 11 is 6.88. The molecule has 0 unspecified atom stereocenters. The summed E-state index contributed by atoms with van der Waals surface area (Å²) in [6, 6.07) is 14.3. The van der Waals surface area contributed by atoms with Crippen LogP contribution in [0.5, 0.6) is 5.75 Å². The molecular formula is C18H19Br2NO2. The van der Waals surface area contributed by atoms with Crippen LogP contribution < -0.4 is 4.74 Å². The fraction of sp³-hybridized carbons (Fsp3) is 0.333. The van der Waals surface area contributed by atoms with Gasteiger partial charge in [0.1, 0.15) is 18.5 Å². The second-order valence-corrected chi connectivity index (χ2v) is 7.56. The smallest absolute Gasteiger partial charge is 0.133 e. The normalized spacial score (nSPS) is 16.0. The Morgan fingerprint density at radius 3 is 2.70 bits per heavy atom. The average Bonchev–Trinajstić information content (AvgIpc) is 2.54. The van der Waals surface area contributed by atoms with E-state index in [0.29, 0.717) is 13.2 Å². The van der Waals surface area contributed by atoms with E-state index in [0.717, 1.165) is 34.2 Å². The molecule has 0 saturated heterocycles. The van der Waals surface area contributed by atoms with E-state index < -0.39 is 6.10 Å². The lowest BCUT2D eigenvalue weighted by Crippen LogP contribution is -2.38. The zero-order valence-electron chi connectivity index (χ0n) is 12.7. The standard InChI is InChI=1S/C18H19Br2NO2/c19-15-5-6-18(17(20)9-15)23-12-16(22)11-21-8-7-13-3-1-2-4-14(13)10-21/h1-6,9,16,22H,7-8,10-12H2/t16-/m1/s1. The molecule has 1 heterocycles.